The lowest BCUT2D eigenvalue weighted by Crippen LogP contribution is -2.03. The summed E-state index contributed by atoms with van der Waals surface area (Å²) in [6.07, 6.45) is 0. The largest absolute Gasteiger partial charge is 0.493 e. The Hall–Kier alpha value is -0.550. The second-order valence-corrected chi connectivity index (χ2v) is 4.41. The molecule has 0 N–H and O–H groups in total. The number of alkyl halides is 1. The third kappa shape index (κ3) is 3.83. The molecule has 0 saturated carbocycles. The van der Waals surface area contributed by atoms with Crippen LogP contribution in [0.4, 0.5) is 0 Å². The van der Waals surface area contributed by atoms with Crippen molar-refractivity contribution >= 4 is 37.8 Å². The van der Waals surface area contributed by atoms with Gasteiger partial charge in [0, 0.05) is 9.80 Å². The van der Waals surface area contributed by atoms with Crippen molar-refractivity contribution in [2.45, 2.75) is 0 Å². The molecule has 1 aromatic rings. The number of hydrogen-bond donors (Lipinski definition) is 0. The van der Waals surface area contributed by atoms with Crippen LogP contribution >= 0.6 is 31.9 Å². The van der Waals surface area contributed by atoms with Crippen LogP contribution in [0.15, 0.2) is 22.7 Å². The monoisotopic (exact) mass is 336 g/mol. The quantitative estimate of drug-likeness (QED) is 0.626. The molecule has 82 valence electrons. The standard InChI is InChI=1S/C10H10Br2O3/c1-14-10(13)7-4-8(12)6-9(5-7)15-3-2-11/h4-6H,2-3H2,1H3. The van der Waals surface area contributed by atoms with E-state index in [4.69, 9.17) is 4.74 Å². The first kappa shape index (κ1) is 12.5. The van der Waals surface area contributed by atoms with Crippen molar-refractivity contribution in [1.82, 2.24) is 0 Å². The first-order valence-electron chi connectivity index (χ1n) is 4.25. The number of benzene rings is 1. The fourth-order valence-electron chi connectivity index (χ4n) is 1.04. The number of esters is 1. The number of halogens is 2. The molecule has 0 fully saturated rings. The molecule has 0 radical (unpaired) electrons. The van der Waals surface area contributed by atoms with Gasteiger partial charge >= 0.3 is 5.97 Å². The van der Waals surface area contributed by atoms with Crippen molar-refractivity contribution in [1.29, 1.82) is 0 Å². The topological polar surface area (TPSA) is 35.5 Å². The van der Waals surface area contributed by atoms with E-state index in [9.17, 15) is 4.79 Å². The van der Waals surface area contributed by atoms with Crippen LogP contribution in [-0.2, 0) is 4.74 Å². The smallest absolute Gasteiger partial charge is 0.338 e. The lowest BCUT2D eigenvalue weighted by Gasteiger charge is -2.06. The normalized spacial score (nSPS) is 9.80. The van der Waals surface area contributed by atoms with Gasteiger partial charge in [-0.1, -0.05) is 31.9 Å². The molecule has 0 unspecified atom stereocenters. The fourth-order valence-corrected chi connectivity index (χ4v) is 1.67. The maximum atomic E-state index is 11.3. The molecule has 5 heteroatoms. The third-order valence-electron chi connectivity index (χ3n) is 1.64. The SMILES string of the molecule is COC(=O)c1cc(Br)cc(OCCBr)c1. The minimum Gasteiger partial charge on any atom is -0.493 e. The van der Waals surface area contributed by atoms with E-state index in [1.165, 1.54) is 7.11 Å². The summed E-state index contributed by atoms with van der Waals surface area (Å²) in [5.74, 6) is 0.268. The number of ether oxygens (including phenoxy) is 2. The van der Waals surface area contributed by atoms with Gasteiger partial charge in [0.25, 0.3) is 0 Å². The van der Waals surface area contributed by atoms with Gasteiger partial charge in [-0.05, 0) is 18.2 Å². The van der Waals surface area contributed by atoms with Gasteiger partial charge in [-0.2, -0.15) is 0 Å². The minimum absolute atomic E-state index is 0.375. The summed E-state index contributed by atoms with van der Waals surface area (Å²) in [5.41, 5.74) is 0.469. The first-order valence-corrected chi connectivity index (χ1v) is 6.16. The van der Waals surface area contributed by atoms with Crippen LogP contribution in [0.1, 0.15) is 10.4 Å². The van der Waals surface area contributed by atoms with Crippen molar-refractivity contribution in [3.05, 3.63) is 28.2 Å². The second kappa shape index (κ2) is 6.12. The third-order valence-corrected chi connectivity index (χ3v) is 2.42. The highest BCUT2D eigenvalue weighted by Crippen LogP contribution is 2.22. The molecule has 0 atom stereocenters. The van der Waals surface area contributed by atoms with Gasteiger partial charge in [0.1, 0.15) is 5.75 Å². The lowest BCUT2D eigenvalue weighted by molar-refractivity contribution is 0.0600. The number of carbonyl (C=O) groups excluding carboxylic acids is 1. The van der Waals surface area contributed by atoms with Gasteiger partial charge in [-0.25, -0.2) is 4.79 Å². The summed E-state index contributed by atoms with van der Waals surface area (Å²) < 4.78 is 10.8. The molecule has 0 saturated heterocycles. The van der Waals surface area contributed by atoms with Gasteiger partial charge in [0.15, 0.2) is 0 Å². The average molecular weight is 338 g/mol. The Morgan fingerprint density at radius 3 is 2.73 bits per heavy atom. The Bertz CT molecular complexity index is 353. The van der Waals surface area contributed by atoms with E-state index >= 15 is 0 Å². The zero-order valence-electron chi connectivity index (χ0n) is 8.13. The van der Waals surface area contributed by atoms with Crippen LogP contribution in [0.25, 0.3) is 0 Å². The van der Waals surface area contributed by atoms with Crippen molar-refractivity contribution < 1.29 is 14.3 Å². The summed E-state index contributed by atoms with van der Waals surface area (Å²) in [6.45, 7) is 0.553. The predicted octanol–water partition coefficient (Wildman–Crippen LogP) is 3.01. The van der Waals surface area contributed by atoms with Gasteiger partial charge in [-0.15, -0.1) is 0 Å². The number of rotatable bonds is 4. The van der Waals surface area contributed by atoms with Crippen molar-refractivity contribution in [3.63, 3.8) is 0 Å². The summed E-state index contributed by atoms with van der Waals surface area (Å²) in [7, 11) is 1.35. The van der Waals surface area contributed by atoms with E-state index in [1.807, 2.05) is 0 Å². The molecule has 0 aliphatic heterocycles. The van der Waals surface area contributed by atoms with Crippen LogP contribution in [0.3, 0.4) is 0 Å². The van der Waals surface area contributed by atoms with Crippen LogP contribution in [-0.4, -0.2) is 25.0 Å². The zero-order chi connectivity index (χ0) is 11.3. The molecular weight excluding hydrogens is 328 g/mol. The highest BCUT2D eigenvalue weighted by molar-refractivity contribution is 9.10. The number of methoxy groups -OCH3 is 1. The molecule has 1 rings (SSSR count). The maximum Gasteiger partial charge on any atom is 0.338 e. The molecule has 0 amide bonds. The average Bonchev–Trinajstić information content (AvgIpc) is 2.24. The fraction of sp³-hybridized carbons (Fsp3) is 0.300. The van der Waals surface area contributed by atoms with Gasteiger partial charge in [-0.3, -0.25) is 0 Å². The lowest BCUT2D eigenvalue weighted by atomic mass is 10.2. The van der Waals surface area contributed by atoms with Crippen molar-refractivity contribution in [2.24, 2.45) is 0 Å². The van der Waals surface area contributed by atoms with E-state index in [0.29, 0.717) is 17.9 Å². The van der Waals surface area contributed by atoms with Gasteiger partial charge in [0.05, 0.1) is 19.3 Å². The van der Waals surface area contributed by atoms with Crippen molar-refractivity contribution in [2.75, 3.05) is 19.0 Å². The van der Waals surface area contributed by atoms with Gasteiger partial charge in [0.2, 0.25) is 0 Å². The zero-order valence-corrected chi connectivity index (χ0v) is 11.3. The molecular formula is C10H10Br2O3. The molecule has 15 heavy (non-hydrogen) atoms. The van der Waals surface area contributed by atoms with Gasteiger partial charge < -0.3 is 9.47 Å². The van der Waals surface area contributed by atoms with Crippen LogP contribution < -0.4 is 4.74 Å². The van der Waals surface area contributed by atoms with E-state index in [1.54, 1.807) is 18.2 Å². The van der Waals surface area contributed by atoms with E-state index in [-0.39, 0.29) is 5.97 Å². The first-order chi connectivity index (χ1) is 7.17. The highest BCUT2D eigenvalue weighted by atomic mass is 79.9. The van der Waals surface area contributed by atoms with E-state index < -0.39 is 0 Å². The Balaban J connectivity index is 2.89. The van der Waals surface area contributed by atoms with E-state index in [0.717, 1.165) is 9.80 Å². The number of carbonyl (C=O) groups is 1. The Kier molecular flexibility index (Phi) is 5.11. The summed E-state index contributed by atoms with van der Waals surface area (Å²) in [6, 6.07) is 5.14. The van der Waals surface area contributed by atoms with Crippen LogP contribution in [0.2, 0.25) is 0 Å². The molecule has 1 aromatic carbocycles. The Morgan fingerprint density at radius 2 is 2.13 bits per heavy atom. The van der Waals surface area contributed by atoms with Crippen LogP contribution in [0.5, 0.6) is 5.75 Å². The Morgan fingerprint density at radius 1 is 1.40 bits per heavy atom. The second-order valence-electron chi connectivity index (χ2n) is 2.70. The molecule has 0 aliphatic carbocycles. The molecule has 0 spiro atoms. The molecule has 3 nitrogen and oxygen atoms in total. The number of hydrogen-bond acceptors (Lipinski definition) is 3. The van der Waals surface area contributed by atoms with E-state index in [2.05, 4.69) is 36.6 Å². The predicted molar refractivity (Wildman–Crippen MR) is 64.8 cm³/mol. The molecule has 0 bridgehead atoms. The summed E-state index contributed by atoms with van der Waals surface area (Å²) >= 11 is 6.56. The van der Waals surface area contributed by atoms with Crippen LogP contribution in [0, 0.1) is 0 Å². The summed E-state index contributed by atoms with van der Waals surface area (Å²) in [5, 5.41) is 0.743. The summed E-state index contributed by atoms with van der Waals surface area (Å²) in [4.78, 5) is 11.3. The Labute approximate surface area is 105 Å². The molecule has 0 aliphatic rings. The highest BCUT2D eigenvalue weighted by Gasteiger charge is 2.08. The molecule has 0 aromatic heterocycles. The van der Waals surface area contributed by atoms with Crippen molar-refractivity contribution in [3.8, 4) is 5.75 Å². The molecule has 0 heterocycles. The maximum absolute atomic E-state index is 11.3. The minimum atomic E-state index is -0.375.